The zero-order valence-electron chi connectivity index (χ0n) is 21.9. The zero-order valence-corrected chi connectivity index (χ0v) is 22.7. The molecule has 0 radical (unpaired) electrons. The fourth-order valence-corrected chi connectivity index (χ4v) is 6.17. The second-order valence-corrected chi connectivity index (χ2v) is 12.0. The van der Waals surface area contributed by atoms with Gasteiger partial charge in [0.15, 0.2) is 0 Å². The van der Waals surface area contributed by atoms with Crippen LogP contribution in [0.25, 0.3) is 11.1 Å². The number of hydrogen-bond donors (Lipinski definition) is 3. The summed E-state index contributed by atoms with van der Waals surface area (Å²) in [4.78, 5) is 17.3. The van der Waals surface area contributed by atoms with Gasteiger partial charge in [-0.15, -0.1) is 0 Å². The Morgan fingerprint density at radius 3 is 2.26 bits per heavy atom. The van der Waals surface area contributed by atoms with E-state index < -0.39 is 21.7 Å². The van der Waals surface area contributed by atoms with Crippen molar-refractivity contribution in [2.75, 3.05) is 7.11 Å². The lowest BCUT2D eigenvalue weighted by molar-refractivity contribution is -0.128. The molecule has 0 spiro atoms. The third kappa shape index (κ3) is 6.78. The van der Waals surface area contributed by atoms with Gasteiger partial charge < -0.3 is 15.2 Å². The predicted molar refractivity (Wildman–Crippen MR) is 146 cm³/mol. The maximum atomic E-state index is 13.1. The molecule has 3 aromatic rings. The average molecular weight is 538 g/mol. The van der Waals surface area contributed by atoms with E-state index in [1.54, 1.807) is 57.5 Å². The van der Waals surface area contributed by atoms with Crippen LogP contribution < -0.4 is 14.8 Å². The fourth-order valence-electron chi connectivity index (χ4n) is 4.86. The molecular weight excluding hydrogens is 502 g/mol. The predicted octanol–water partition coefficient (Wildman–Crippen LogP) is 4.22. The average Bonchev–Trinajstić information content (AvgIpc) is 2.91. The number of aromatic nitrogens is 1. The lowest BCUT2D eigenvalue weighted by Crippen LogP contribution is -2.46. The number of sulfonamides is 1. The van der Waals surface area contributed by atoms with Crippen LogP contribution in [-0.4, -0.2) is 43.2 Å². The summed E-state index contributed by atoms with van der Waals surface area (Å²) in [5.74, 6) is 0.132. The molecule has 1 amide bonds. The van der Waals surface area contributed by atoms with Crippen molar-refractivity contribution in [1.82, 2.24) is 15.0 Å². The van der Waals surface area contributed by atoms with Gasteiger partial charge in [-0.1, -0.05) is 42.5 Å². The highest BCUT2D eigenvalue weighted by Crippen LogP contribution is 2.30. The summed E-state index contributed by atoms with van der Waals surface area (Å²) in [7, 11) is -2.16. The first-order valence-electron chi connectivity index (χ1n) is 12.8. The van der Waals surface area contributed by atoms with E-state index >= 15 is 0 Å². The Balaban J connectivity index is 1.34. The minimum absolute atomic E-state index is 0.120. The Kier molecular flexibility index (Phi) is 8.50. The monoisotopic (exact) mass is 537 g/mol. The third-order valence-electron chi connectivity index (χ3n) is 6.99. The second kappa shape index (κ2) is 11.6. The number of ether oxygens (including phenoxy) is 1. The molecule has 1 aliphatic carbocycles. The first-order valence-corrected chi connectivity index (χ1v) is 14.3. The third-order valence-corrected chi connectivity index (χ3v) is 8.52. The van der Waals surface area contributed by atoms with Crippen LogP contribution in [0.3, 0.4) is 0 Å². The molecule has 0 aliphatic heterocycles. The van der Waals surface area contributed by atoms with Gasteiger partial charge in [0.2, 0.25) is 21.8 Å². The van der Waals surface area contributed by atoms with Crippen molar-refractivity contribution in [3.05, 3.63) is 78.5 Å². The van der Waals surface area contributed by atoms with E-state index in [-0.39, 0.29) is 22.8 Å². The van der Waals surface area contributed by atoms with Gasteiger partial charge in [0, 0.05) is 24.2 Å². The summed E-state index contributed by atoms with van der Waals surface area (Å²) in [5.41, 5.74) is 1.44. The van der Waals surface area contributed by atoms with E-state index in [4.69, 9.17) is 4.74 Å². The number of nitrogens with zero attached hydrogens (tertiary/aromatic N) is 1. The molecular formula is C29H35N3O5S. The highest BCUT2D eigenvalue weighted by molar-refractivity contribution is 7.89. The molecule has 1 saturated carbocycles. The summed E-state index contributed by atoms with van der Waals surface area (Å²) >= 11 is 0. The molecule has 0 unspecified atom stereocenters. The van der Waals surface area contributed by atoms with Crippen LogP contribution in [0.2, 0.25) is 0 Å². The number of hydrogen-bond acceptors (Lipinski definition) is 6. The van der Waals surface area contributed by atoms with Crippen molar-refractivity contribution in [2.45, 2.75) is 62.1 Å². The van der Waals surface area contributed by atoms with Crippen molar-refractivity contribution < 1.29 is 23.1 Å². The van der Waals surface area contributed by atoms with Gasteiger partial charge in [-0.25, -0.2) is 18.1 Å². The maximum absolute atomic E-state index is 13.1. The van der Waals surface area contributed by atoms with Gasteiger partial charge >= 0.3 is 0 Å². The Hall–Kier alpha value is -3.27. The van der Waals surface area contributed by atoms with E-state index in [1.165, 1.54) is 0 Å². The Labute approximate surface area is 224 Å². The van der Waals surface area contributed by atoms with Crippen LogP contribution in [0.4, 0.5) is 0 Å². The smallest absolute Gasteiger partial charge is 0.240 e. The number of benzene rings is 2. The van der Waals surface area contributed by atoms with Crippen LogP contribution in [0, 0.1) is 5.92 Å². The largest absolute Gasteiger partial charge is 0.481 e. The van der Waals surface area contributed by atoms with Crippen LogP contribution >= 0.6 is 0 Å². The highest BCUT2D eigenvalue weighted by Gasteiger charge is 2.34. The van der Waals surface area contributed by atoms with E-state index in [1.807, 2.05) is 36.4 Å². The maximum Gasteiger partial charge on any atom is 0.240 e. The standard InChI is InChI=1S/C29H35N3O5S/c1-29(2,34)27(21-7-5-4-6-8-21)31-28(33)22-9-13-24(14-10-22)32-38(35,36)25-15-11-20(12-16-25)23-17-18-30-26(19-23)37-3/h4-8,11-12,15-19,22,24,27,32,34H,9-10,13-14H2,1-3H3,(H,31,33)/t22?,24?,27-/m0/s1. The Morgan fingerprint density at radius 1 is 1.00 bits per heavy atom. The molecule has 0 bridgehead atoms. The van der Waals surface area contributed by atoms with E-state index in [0.717, 1.165) is 16.7 Å². The summed E-state index contributed by atoms with van der Waals surface area (Å²) in [6, 6.07) is 19.0. The molecule has 1 aliphatic rings. The van der Waals surface area contributed by atoms with Crippen molar-refractivity contribution in [1.29, 1.82) is 0 Å². The Morgan fingerprint density at radius 2 is 1.66 bits per heavy atom. The van der Waals surface area contributed by atoms with Crippen molar-refractivity contribution in [2.24, 2.45) is 5.92 Å². The number of aliphatic hydroxyl groups is 1. The molecule has 38 heavy (non-hydrogen) atoms. The van der Waals surface area contributed by atoms with Gasteiger partial charge in [0.1, 0.15) is 0 Å². The normalized spacial score (nSPS) is 18.9. The molecule has 1 fully saturated rings. The highest BCUT2D eigenvalue weighted by atomic mass is 32.2. The molecule has 8 nitrogen and oxygen atoms in total. The van der Waals surface area contributed by atoms with Crippen molar-refractivity contribution in [3.8, 4) is 17.0 Å². The van der Waals surface area contributed by atoms with Gasteiger partial charge in [0.05, 0.1) is 23.6 Å². The van der Waals surface area contributed by atoms with Gasteiger partial charge in [0.25, 0.3) is 0 Å². The summed E-state index contributed by atoms with van der Waals surface area (Å²) in [6.07, 6.45) is 3.89. The summed E-state index contributed by atoms with van der Waals surface area (Å²) in [5, 5.41) is 13.7. The summed E-state index contributed by atoms with van der Waals surface area (Å²) in [6.45, 7) is 3.36. The van der Waals surface area contributed by atoms with Crippen LogP contribution in [0.15, 0.2) is 77.8 Å². The van der Waals surface area contributed by atoms with Crippen molar-refractivity contribution in [3.63, 3.8) is 0 Å². The Bertz CT molecular complexity index is 1330. The second-order valence-electron chi connectivity index (χ2n) is 10.3. The lowest BCUT2D eigenvalue weighted by Gasteiger charge is -2.34. The molecule has 3 N–H and O–H groups in total. The first-order chi connectivity index (χ1) is 18.1. The summed E-state index contributed by atoms with van der Waals surface area (Å²) < 4.78 is 34.0. The number of nitrogens with one attached hydrogen (secondary N) is 2. The molecule has 1 atom stereocenters. The number of methoxy groups -OCH3 is 1. The van der Waals surface area contributed by atoms with Gasteiger partial charge in [-0.3, -0.25) is 4.79 Å². The SMILES string of the molecule is COc1cc(-c2ccc(S(=O)(=O)NC3CCC(C(=O)N[C@@H](c4ccccc4)C(C)(C)O)CC3)cc2)ccn1. The van der Waals surface area contributed by atoms with E-state index in [2.05, 4.69) is 15.0 Å². The van der Waals surface area contributed by atoms with Crippen LogP contribution in [0.5, 0.6) is 5.88 Å². The molecule has 1 heterocycles. The number of pyridine rings is 1. The quantitative estimate of drug-likeness (QED) is 0.376. The number of carbonyl (C=O) groups is 1. The molecule has 0 saturated heterocycles. The number of amides is 1. The van der Waals surface area contributed by atoms with Gasteiger partial charge in [-0.05, 0) is 74.4 Å². The van der Waals surface area contributed by atoms with Crippen LogP contribution in [-0.2, 0) is 14.8 Å². The first kappa shape index (κ1) is 27.8. The topological polar surface area (TPSA) is 118 Å². The lowest BCUT2D eigenvalue weighted by atomic mass is 9.84. The molecule has 9 heteroatoms. The molecule has 202 valence electrons. The molecule has 2 aromatic carbocycles. The van der Waals surface area contributed by atoms with Crippen LogP contribution in [0.1, 0.15) is 51.1 Å². The van der Waals surface area contributed by atoms with E-state index in [9.17, 15) is 18.3 Å². The minimum atomic E-state index is -3.70. The fraction of sp³-hybridized carbons (Fsp3) is 0.379. The van der Waals surface area contributed by atoms with Crippen molar-refractivity contribution >= 4 is 15.9 Å². The van der Waals surface area contributed by atoms with E-state index in [0.29, 0.717) is 31.6 Å². The number of rotatable bonds is 9. The number of carbonyl (C=O) groups excluding carboxylic acids is 1. The molecule has 4 rings (SSSR count). The molecule has 1 aromatic heterocycles. The zero-order chi connectivity index (χ0) is 27.3. The minimum Gasteiger partial charge on any atom is -0.481 e. The van der Waals surface area contributed by atoms with Gasteiger partial charge in [-0.2, -0.15) is 0 Å².